The van der Waals surface area contributed by atoms with Gasteiger partial charge in [0.15, 0.2) is 0 Å². The summed E-state index contributed by atoms with van der Waals surface area (Å²) in [6, 6.07) is 20.3. The molecule has 0 aliphatic heterocycles. The molecule has 3 rings (SSSR count). The van der Waals surface area contributed by atoms with Crippen LogP contribution < -0.4 is 4.74 Å². The second-order valence-electron chi connectivity index (χ2n) is 7.98. The molecular weight excluding hydrogens is 318 g/mol. The van der Waals surface area contributed by atoms with Crippen LogP contribution in [-0.2, 0) is 6.42 Å². The molecule has 2 nitrogen and oxygen atoms in total. The van der Waals surface area contributed by atoms with Crippen molar-refractivity contribution in [3.05, 3.63) is 65.7 Å². The average Bonchev–Trinajstić information content (AvgIpc) is 2.69. The molecule has 0 N–H and O–H groups in total. The summed E-state index contributed by atoms with van der Waals surface area (Å²) in [5.41, 5.74) is 2.90. The molecule has 1 fully saturated rings. The summed E-state index contributed by atoms with van der Waals surface area (Å²) in [6.07, 6.45) is 6.57. The average molecular weight is 352 g/mol. The van der Waals surface area contributed by atoms with E-state index in [-0.39, 0.29) is 0 Å². The third-order valence-electron chi connectivity index (χ3n) is 6.05. The van der Waals surface area contributed by atoms with E-state index in [4.69, 9.17) is 4.74 Å². The van der Waals surface area contributed by atoms with Gasteiger partial charge in [0.1, 0.15) is 5.75 Å². The zero-order chi connectivity index (χ0) is 18.4. The lowest BCUT2D eigenvalue weighted by atomic mass is 9.81. The van der Waals surface area contributed by atoms with Gasteiger partial charge in [-0.25, -0.2) is 0 Å². The SMILES string of the molecule is COc1ccc(CC2CCC(N(C)CC(C)c3ccccc3)CC2)cc1. The van der Waals surface area contributed by atoms with Gasteiger partial charge in [0.2, 0.25) is 0 Å². The first-order chi connectivity index (χ1) is 12.7. The van der Waals surface area contributed by atoms with Crippen LogP contribution in [0.15, 0.2) is 54.6 Å². The molecule has 1 unspecified atom stereocenters. The Morgan fingerprint density at radius 3 is 2.23 bits per heavy atom. The van der Waals surface area contributed by atoms with Crippen molar-refractivity contribution in [3.63, 3.8) is 0 Å². The lowest BCUT2D eigenvalue weighted by molar-refractivity contribution is 0.159. The van der Waals surface area contributed by atoms with Gasteiger partial charge in [0.25, 0.3) is 0 Å². The Morgan fingerprint density at radius 1 is 0.962 bits per heavy atom. The number of methoxy groups -OCH3 is 1. The van der Waals surface area contributed by atoms with Crippen LogP contribution >= 0.6 is 0 Å². The molecule has 1 aliphatic carbocycles. The van der Waals surface area contributed by atoms with Gasteiger partial charge in [0.05, 0.1) is 7.11 Å². The van der Waals surface area contributed by atoms with Gasteiger partial charge >= 0.3 is 0 Å². The fourth-order valence-corrected chi connectivity index (χ4v) is 4.35. The molecule has 1 saturated carbocycles. The van der Waals surface area contributed by atoms with Crippen molar-refractivity contribution in [1.29, 1.82) is 0 Å². The molecule has 1 atom stereocenters. The Morgan fingerprint density at radius 2 is 1.62 bits per heavy atom. The van der Waals surface area contributed by atoms with Crippen LogP contribution in [0.5, 0.6) is 5.75 Å². The Balaban J connectivity index is 1.45. The first-order valence-electron chi connectivity index (χ1n) is 10.0. The third-order valence-corrected chi connectivity index (χ3v) is 6.05. The van der Waals surface area contributed by atoms with Crippen molar-refractivity contribution < 1.29 is 4.74 Å². The van der Waals surface area contributed by atoms with E-state index >= 15 is 0 Å². The van der Waals surface area contributed by atoms with Crippen molar-refractivity contribution in [2.45, 2.75) is 51.0 Å². The number of likely N-dealkylation sites (N-methyl/N-ethyl adjacent to an activating group) is 1. The minimum atomic E-state index is 0.596. The van der Waals surface area contributed by atoms with Crippen LogP contribution in [0, 0.1) is 5.92 Å². The largest absolute Gasteiger partial charge is 0.497 e. The second kappa shape index (κ2) is 9.23. The number of rotatable bonds is 7. The van der Waals surface area contributed by atoms with Crippen LogP contribution in [-0.4, -0.2) is 31.6 Å². The van der Waals surface area contributed by atoms with Crippen molar-refractivity contribution in [1.82, 2.24) is 4.90 Å². The zero-order valence-electron chi connectivity index (χ0n) is 16.5. The highest BCUT2D eigenvalue weighted by atomic mass is 16.5. The van der Waals surface area contributed by atoms with Crippen LogP contribution in [0.1, 0.15) is 49.7 Å². The molecule has 1 aliphatic rings. The number of nitrogens with zero attached hydrogens (tertiary/aromatic N) is 1. The molecule has 0 amide bonds. The Hall–Kier alpha value is -1.80. The first kappa shape index (κ1) is 19.0. The first-order valence-corrected chi connectivity index (χ1v) is 10.0. The fraction of sp³-hybridized carbons (Fsp3) is 0.500. The monoisotopic (exact) mass is 351 g/mol. The molecule has 2 aromatic carbocycles. The summed E-state index contributed by atoms with van der Waals surface area (Å²) in [5, 5.41) is 0. The van der Waals surface area contributed by atoms with Crippen LogP contribution in [0.3, 0.4) is 0 Å². The molecule has 2 heteroatoms. The smallest absolute Gasteiger partial charge is 0.118 e. The van der Waals surface area contributed by atoms with Crippen molar-refractivity contribution >= 4 is 0 Å². The highest BCUT2D eigenvalue weighted by Gasteiger charge is 2.25. The zero-order valence-corrected chi connectivity index (χ0v) is 16.5. The maximum absolute atomic E-state index is 5.26. The van der Waals surface area contributed by atoms with E-state index in [1.54, 1.807) is 7.11 Å². The highest BCUT2D eigenvalue weighted by Crippen LogP contribution is 2.31. The second-order valence-corrected chi connectivity index (χ2v) is 7.98. The van der Waals surface area contributed by atoms with Crippen LogP contribution in [0.25, 0.3) is 0 Å². The molecular formula is C24H33NO. The molecule has 0 spiro atoms. The van der Waals surface area contributed by atoms with Crippen LogP contribution in [0.2, 0.25) is 0 Å². The predicted molar refractivity (Wildman–Crippen MR) is 110 cm³/mol. The minimum absolute atomic E-state index is 0.596. The summed E-state index contributed by atoms with van der Waals surface area (Å²) in [5.74, 6) is 2.38. The Labute approximate surface area is 159 Å². The summed E-state index contributed by atoms with van der Waals surface area (Å²) >= 11 is 0. The van der Waals surface area contributed by atoms with Gasteiger partial charge in [-0.2, -0.15) is 0 Å². The van der Waals surface area contributed by atoms with Crippen LogP contribution in [0.4, 0.5) is 0 Å². The van der Waals surface area contributed by atoms with Gasteiger partial charge in [-0.1, -0.05) is 49.4 Å². The molecule has 0 heterocycles. The molecule has 26 heavy (non-hydrogen) atoms. The van der Waals surface area contributed by atoms with Crippen molar-refractivity contribution in [2.24, 2.45) is 5.92 Å². The van der Waals surface area contributed by atoms with Crippen molar-refractivity contribution in [3.8, 4) is 5.75 Å². The van der Waals surface area contributed by atoms with Gasteiger partial charge in [-0.05, 0) is 74.2 Å². The van der Waals surface area contributed by atoms with E-state index in [1.165, 1.54) is 43.2 Å². The normalized spacial score (nSPS) is 21.5. The van der Waals surface area contributed by atoms with Gasteiger partial charge in [-0.15, -0.1) is 0 Å². The maximum Gasteiger partial charge on any atom is 0.118 e. The van der Waals surface area contributed by atoms with E-state index < -0.39 is 0 Å². The topological polar surface area (TPSA) is 12.5 Å². The standard InChI is InChI=1S/C24H33NO/c1-19(22-7-5-4-6-8-22)18-25(2)23-13-9-20(10-14-23)17-21-11-15-24(26-3)16-12-21/h4-8,11-12,15-16,19-20,23H,9-10,13-14,17-18H2,1-3H3. The van der Waals surface area contributed by atoms with Gasteiger partial charge in [-0.3, -0.25) is 0 Å². The number of benzene rings is 2. The Bertz CT molecular complexity index is 644. The van der Waals surface area contributed by atoms with E-state index in [1.807, 2.05) is 0 Å². The lowest BCUT2D eigenvalue weighted by Gasteiger charge is -2.36. The molecule has 0 radical (unpaired) electrons. The highest BCUT2D eigenvalue weighted by molar-refractivity contribution is 5.27. The molecule has 2 aromatic rings. The summed E-state index contributed by atoms with van der Waals surface area (Å²) in [7, 11) is 4.04. The molecule has 0 aromatic heterocycles. The molecule has 140 valence electrons. The third kappa shape index (κ3) is 5.11. The predicted octanol–water partition coefficient (Wildman–Crippen LogP) is 5.53. The minimum Gasteiger partial charge on any atom is -0.497 e. The van der Waals surface area contributed by atoms with Crippen molar-refractivity contribution in [2.75, 3.05) is 20.7 Å². The molecule has 0 saturated heterocycles. The summed E-state index contributed by atoms with van der Waals surface area (Å²) < 4.78 is 5.26. The Kier molecular flexibility index (Phi) is 6.73. The van der Waals surface area contributed by atoms with E-state index in [0.29, 0.717) is 5.92 Å². The number of ether oxygens (including phenoxy) is 1. The quantitative estimate of drug-likeness (QED) is 0.650. The van der Waals surface area contributed by atoms with E-state index in [2.05, 4.69) is 73.5 Å². The fourth-order valence-electron chi connectivity index (χ4n) is 4.35. The van der Waals surface area contributed by atoms with E-state index in [0.717, 1.165) is 24.3 Å². The maximum atomic E-state index is 5.26. The molecule has 0 bridgehead atoms. The lowest BCUT2D eigenvalue weighted by Crippen LogP contribution is -2.37. The summed E-state index contributed by atoms with van der Waals surface area (Å²) in [6.45, 7) is 3.50. The number of hydrogen-bond acceptors (Lipinski definition) is 2. The van der Waals surface area contributed by atoms with E-state index in [9.17, 15) is 0 Å². The van der Waals surface area contributed by atoms with Gasteiger partial charge < -0.3 is 9.64 Å². The number of hydrogen-bond donors (Lipinski definition) is 0. The van der Waals surface area contributed by atoms with Gasteiger partial charge in [0, 0.05) is 12.6 Å². The summed E-state index contributed by atoms with van der Waals surface area (Å²) in [4.78, 5) is 2.60.